The molecule has 18 heavy (non-hydrogen) atoms. The molecule has 0 saturated carbocycles. The summed E-state index contributed by atoms with van der Waals surface area (Å²) in [6.45, 7) is 5.78. The van der Waals surface area contributed by atoms with Crippen LogP contribution in [0.5, 0.6) is 11.5 Å². The fourth-order valence-corrected chi connectivity index (χ4v) is 1.51. The van der Waals surface area contributed by atoms with E-state index in [1.165, 1.54) is 0 Å². The van der Waals surface area contributed by atoms with E-state index < -0.39 is 5.97 Å². The summed E-state index contributed by atoms with van der Waals surface area (Å²) < 4.78 is 10.3. The molecule has 0 unspecified atom stereocenters. The van der Waals surface area contributed by atoms with E-state index in [1.807, 2.05) is 6.07 Å². The maximum atomic E-state index is 10.8. The van der Waals surface area contributed by atoms with Crippen molar-refractivity contribution in [3.05, 3.63) is 36.4 Å². The number of aromatic hydroxyl groups is 1. The highest BCUT2D eigenvalue weighted by atomic mass is 16.6. The summed E-state index contributed by atoms with van der Waals surface area (Å²) >= 11 is 0. The second-order valence-corrected chi connectivity index (χ2v) is 3.76. The number of carbonyl (C=O) groups is 1. The highest BCUT2D eigenvalue weighted by Crippen LogP contribution is 2.25. The van der Waals surface area contributed by atoms with Gasteiger partial charge in [0, 0.05) is 12.1 Å². The molecule has 4 nitrogen and oxygen atoms in total. The number of phenols is 1. The van der Waals surface area contributed by atoms with Gasteiger partial charge in [-0.05, 0) is 18.1 Å². The summed E-state index contributed by atoms with van der Waals surface area (Å²) in [5, 5.41) is 9.41. The SMILES string of the molecule is C=CC(=O)OCCOc1cc(O)ccc1CCC. The zero-order chi connectivity index (χ0) is 13.4. The second-order valence-electron chi connectivity index (χ2n) is 3.76. The van der Waals surface area contributed by atoms with Gasteiger partial charge in [-0.15, -0.1) is 0 Å². The van der Waals surface area contributed by atoms with Crippen LogP contribution in [0.25, 0.3) is 0 Å². The van der Waals surface area contributed by atoms with Gasteiger partial charge in [-0.3, -0.25) is 0 Å². The lowest BCUT2D eigenvalue weighted by atomic mass is 10.1. The zero-order valence-electron chi connectivity index (χ0n) is 10.5. The molecule has 0 bridgehead atoms. The van der Waals surface area contributed by atoms with Crippen molar-refractivity contribution < 1.29 is 19.4 Å². The molecule has 0 aliphatic rings. The van der Waals surface area contributed by atoms with E-state index >= 15 is 0 Å². The van der Waals surface area contributed by atoms with E-state index in [9.17, 15) is 9.90 Å². The summed E-state index contributed by atoms with van der Waals surface area (Å²) in [5.74, 6) is 0.322. The van der Waals surface area contributed by atoms with Gasteiger partial charge in [-0.1, -0.05) is 26.0 Å². The average Bonchev–Trinajstić information content (AvgIpc) is 2.37. The first-order chi connectivity index (χ1) is 8.67. The molecule has 0 aromatic heterocycles. The number of carbonyl (C=O) groups excluding carboxylic acids is 1. The van der Waals surface area contributed by atoms with E-state index in [1.54, 1.807) is 12.1 Å². The Morgan fingerprint density at radius 1 is 1.44 bits per heavy atom. The molecule has 0 spiro atoms. The smallest absolute Gasteiger partial charge is 0.330 e. The van der Waals surface area contributed by atoms with Gasteiger partial charge >= 0.3 is 5.97 Å². The number of hydrogen-bond donors (Lipinski definition) is 1. The highest BCUT2D eigenvalue weighted by Gasteiger charge is 2.05. The molecule has 1 aromatic rings. The van der Waals surface area contributed by atoms with E-state index in [0.29, 0.717) is 5.75 Å². The van der Waals surface area contributed by atoms with Crippen LogP contribution in [0.15, 0.2) is 30.9 Å². The number of phenolic OH excluding ortho intramolecular Hbond substituents is 1. The molecule has 4 heteroatoms. The van der Waals surface area contributed by atoms with Gasteiger partial charge in [0.05, 0.1) is 0 Å². The van der Waals surface area contributed by atoms with Gasteiger partial charge in [0.15, 0.2) is 0 Å². The largest absolute Gasteiger partial charge is 0.508 e. The predicted octanol–water partition coefficient (Wildman–Crippen LogP) is 2.45. The second kappa shape index (κ2) is 7.37. The number of ether oxygens (including phenoxy) is 2. The fourth-order valence-electron chi connectivity index (χ4n) is 1.51. The molecule has 0 saturated heterocycles. The molecule has 1 rings (SSSR count). The topological polar surface area (TPSA) is 55.8 Å². The summed E-state index contributed by atoms with van der Waals surface area (Å²) in [6.07, 6.45) is 2.98. The first kappa shape index (κ1) is 14.1. The normalized spacial score (nSPS) is 9.83. The molecule has 0 radical (unpaired) electrons. The van der Waals surface area contributed by atoms with Crippen molar-refractivity contribution in [2.75, 3.05) is 13.2 Å². The quantitative estimate of drug-likeness (QED) is 0.459. The minimum Gasteiger partial charge on any atom is -0.508 e. The molecular formula is C14H18O4. The Balaban J connectivity index is 2.52. The van der Waals surface area contributed by atoms with Crippen LogP contribution in [0.4, 0.5) is 0 Å². The summed E-state index contributed by atoms with van der Waals surface area (Å²) in [5.41, 5.74) is 1.03. The average molecular weight is 250 g/mol. The van der Waals surface area contributed by atoms with Crippen LogP contribution in [0.1, 0.15) is 18.9 Å². The molecule has 0 atom stereocenters. The number of aryl methyl sites for hydroxylation is 1. The van der Waals surface area contributed by atoms with Crippen LogP contribution in [0.3, 0.4) is 0 Å². The van der Waals surface area contributed by atoms with Crippen molar-refractivity contribution in [1.82, 2.24) is 0 Å². The molecule has 0 fully saturated rings. The van der Waals surface area contributed by atoms with Crippen molar-refractivity contribution in [3.63, 3.8) is 0 Å². The number of esters is 1. The maximum Gasteiger partial charge on any atom is 0.330 e. The maximum absolute atomic E-state index is 10.8. The molecule has 0 aliphatic heterocycles. The van der Waals surface area contributed by atoms with Gasteiger partial charge in [0.1, 0.15) is 24.7 Å². The van der Waals surface area contributed by atoms with Crippen LogP contribution in [-0.4, -0.2) is 24.3 Å². The Labute approximate surface area is 107 Å². The number of hydrogen-bond acceptors (Lipinski definition) is 4. The standard InChI is InChI=1S/C14H18O4/c1-3-5-11-6-7-12(15)10-13(11)17-8-9-18-14(16)4-2/h4,6-7,10,15H,2-3,5,8-9H2,1H3. The summed E-state index contributed by atoms with van der Waals surface area (Å²) in [6, 6.07) is 5.04. The van der Waals surface area contributed by atoms with E-state index in [2.05, 4.69) is 13.5 Å². The van der Waals surface area contributed by atoms with Crippen molar-refractivity contribution in [2.24, 2.45) is 0 Å². The molecule has 98 valence electrons. The highest BCUT2D eigenvalue weighted by molar-refractivity contribution is 5.81. The van der Waals surface area contributed by atoms with Crippen LogP contribution in [-0.2, 0) is 16.0 Å². The molecular weight excluding hydrogens is 232 g/mol. The van der Waals surface area contributed by atoms with Crippen molar-refractivity contribution in [2.45, 2.75) is 19.8 Å². The number of rotatable bonds is 7. The van der Waals surface area contributed by atoms with Crippen LogP contribution < -0.4 is 4.74 Å². The Hall–Kier alpha value is -1.97. The van der Waals surface area contributed by atoms with Gasteiger partial charge in [-0.25, -0.2) is 4.79 Å². The number of benzene rings is 1. The molecule has 1 aromatic carbocycles. The van der Waals surface area contributed by atoms with Crippen LogP contribution in [0.2, 0.25) is 0 Å². The van der Waals surface area contributed by atoms with Crippen molar-refractivity contribution in [1.29, 1.82) is 0 Å². The van der Waals surface area contributed by atoms with Crippen molar-refractivity contribution in [3.8, 4) is 11.5 Å². The summed E-state index contributed by atoms with van der Waals surface area (Å²) in [4.78, 5) is 10.8. The Kier molecular flexibility index (Phi) is 5.77. The third-order valence-corrected chi connectivity index (χ3v) is 2.32. The predicted molar refractivity (Wildman–Crippen MR) is 68.8 cm³/mol. The Morgan fingerprint density at radius 2 is 2.22 bits per heavy atom. The Bertz CT molecular complexity index is 412. The Morgan fingerprint density at radius 3 is 2.89 bits per heavy atom. The third-order valence-electron chi connectivity index (χ3n) is 2.32. The molecule has 1 N–H and O–H groups in total. The first-order valence-corrected chi connectivity index (χ1v) is 5.91. The van der Waals surface area contributed by atoms with Crippen LogP contribution >= 0.6 is 0 Å². The van der Waals surface area contributed by atoms with Crippen LogP contribution in [0, 0.1) is 0 Å². The zero-order valence-corrected chi connectivity index (χ0v) is 10.5. The van der Waals surface area contributed by atoms with E-state index in [0.717, 1.165) is 24.5 Å². The molecule has 0 heterocycles. The lowest BCUT2D eigenvalue weighted by Gasteiger charge is -2.11. The lowest BCUT2D eigenvalue weighted by Crippen LogP contribution is -2.10. The first-order valence-electron chi connectivity index (χ1n) is 5.91. The summed E-state index contributed by atoms with van der Waals surface area (Å²) in [7, 11) is 0. The van der Waals surface area contributed by atoms with Crippen molar-refractivity contribution >= 4 is 5.97 Å². The van der Waals surface area contributed by atoms with Gasteiger partial charge in [-0.2, -0.15) is 0 Å². The van der Waals surface area contributed by atoms with E-state index in [4.69, 9.17) is 9.47 Å². The fraction of sp³-hybridized carbons (Fsp3) is 0.357. The minimum absolute atomic E-state index is 0.159. The van der Waals surface area contributed by atoms with Gasteiger partial charge < -0.3 is 14.6 Å². The molecule has 0 amide bonds. The van der Waals surface area contributed by atoms with Gasteiger partial charge in [0.2, 0.25) is 0 Å². The minimum atomic E-state index is -0.469. The van der Waals surface area contributed by atoms with Gasteiger partial charge in [0.25, 0.3) is 0 Å². The monoisotopic (exact) mass is 250 g/mol. The lowest BCUT2D eigenvalue weighted by molar-refractivity contribution is -0.138. The molecule has 0 aliphatic carbocycles. The van der Waals surface area contributed by atoms with E-state index in [-0.39, 0.29) is 19.0 Å². The third kappa shape index (κ3) is 4.49.